The zero-order valence-electron chi connectivity index (χ0n) is 13.0. The lowest BCUT2D eigenvalue weighted by molar-refractivity contribution is -0.122. The molecule has 0 radical (unpaired) electrons. The highest BCUT2D eigenvalue weighted by Crippen LogP contribution is 2.42. The summed E-state index contributed by atoms with van der Waals surface area (Å²) < 4.78 is 0. The maximum absolute atomic E-state index is 12.7. The van der Waals surface area contributed by atoms with E-state index in [0.717, 1.165) is 41.8 Å². The molecule has 0 unspecified atom stereocenters. The van der Waals surface area contributed by atoms with Crippen LogP contribution < -0.4 is 4.90 Å². The Balaban J connectivity index is 1.71. The normalized spacial score (nSPS) is 24.1. The Morgan fingerprint density at radius 3 is 2.26 bits per heavy atom. The van der Waals surface area contributed by atoms with Crippen molar-refractivity contribution in [2.45, 2.75) is 32.6 Å². The van der Waals surface area contributed by atoms with Crippen molar-refractivity contribution < 1.29 is 9.59 Å². The molecule has 2 aliphatic rings. The number of nitrogens with zero attached hydrogens (tertiary/aromatic N) is 2. The summed E-state index contributed by atoms with van der Waals surface area (Å²) in [5, 5.41) is 0.533. The van der Waals surface area contributed by atoms with Crippen LogP contribution in [0.25, 0.3) is 11.3 Å². The van der Waals surface area contributed by atoms with Crippen molar-refractivity contribution in [2.75, 3.05) is 4.90 Å². The maximum Gasteiger partial charge on any atom is 0.239 e. The van der Waals surface area contributed by atoms with E-state index in [1.54, 1.807) is 0 Å². The molecule has 1 saturated heterocycles. The number of hydrogen-bond acceptors (Lipinski definition) is 4. The van der Waals surface area contributed by atoms with Gasteiger partial charge in [0.2, 0.25) is 11.8 Å². The van der Waals surface area contributed by atoms with Gasteiger partial charge in [-0.25, -0.2) is 9.88 Å². The predicted octanol–water partition coefficient (Wildman–Crippen LogP) is 3.80. The van der Waals surface area contributed by atoms with E-state index in [4.69, 9.17) is 0 Å². The van der Waals surface area contributed by atoms with Crippen LogP contribution in [0.15, 0.2) is 30.3 Å². The minimum absolute atomic E-state index is 0.0481. The number of thiazole rings is 1. The molecule has 1 aliphatic heterocycles. The Kier molecular flexibility index (Phi) is 3.53. The fraction of sp³-hybridized carbons (Fsp3) is 0.389. The van der Waals surface area contributed by atoms with Crippen molar-refractivity contribution in [1.29, 1.82) is 0 Å². The number of benzene rings is 1. The number of anilines is 1. The van der Waals surface area contributed by atoms with Crippen LogP contribution in [0.4, 0.5) is 5.13 Å². The number of carbonyl (C=O) groups is 2. The van der Waals surface area contributed by atoms with Gasteiger partial charge >= 0.3 is 0 Å². The molecule has 2 atom stereocenters. The van der Waals surface area contributed by atoms with Crippen LogP contribution in [-0.2, 0) is 9.59 Å². The first-order valence-electron chi connectivity index (χ1n) is 8.07. The molecule has 1 aromatic heterocycles. The van der Waals surface area contributed by atoms with Gasteiger partial charge in [0.05, 0.1) is 17.5 Å². The van der Waals surface area contributed by atoms with Gasteiger partial charge in [-0.15, -0.1) is 11.3 Å². The Bertz CT molecular complexity index is 745. The number of imide groups is 1. The van der Waals surface area contributed by atoms with Gasteiger partial charge in [-0.2, -0.15) is 0 Å². The molecular weight excluding hydrogens is 308 g/mol. The van der Waals surface area contributed by atoms with Crippen LogP contribution in [0.2, 0.25) is 0 Å². The maximum atomic E-state index is 12.7. The summed E-state index contributed by atoms with van der Waals surface area (Å²) in [4.78, 5) is 32.4. The molecule has 23 heavy (non-hydrogen) atoms. The number of hydrogen-bond donors (Lipinski definition) is 0. The van der Waals surface area contributed by atoms with E-state index in [9.17, 15) is 9.59 Å². The van der Waals surface area contributed by atoms with E-state index in [-0.39, 0.29) is 23.7 Å². The zero-order chi connectivity index (χ0) is 16.0. The highest BCUT2D eigenvalue weighted by molar-refractivity contribution is 7.16. The highest BCUT2D eigenvalue weighted by Gasteiger charge is 2.49. The molecule has 0 spiro atoms. The third-order valence-electron chi connectivity index (χ3n) is 4.86. The van der Waals surface area contributed by atoms with Gasteiger partial charge in [-0.1, -0.05) is 43.2 Å². The molecular formula is C18H18N2O2S. The van der Waals surface area contributed by atoms with Crippen LogP contribution >= 0.6 is 11.3 Å². The lowest BCUT2D eigenvalue weighted by Crippen LogP contribution is -2.30. The molecule has 4 nitrogen and oxygen atoms in total. The van der Waals surface area contributed by atoms with Gasteiger partial charge in [0.1, 0.15) is 0 Å². The Labute approximate surface area is 139 Å². The minimum Gasteiger partial charge on any atom is -0.274 e. The number of rotatable bonds is 2. The second-order valence-corrected chi connectivity index (χ2v) is 7.46. The smallest absolute Gasteiger partial charge is 0.239 e. The van der Waals surface area contributed by atoms with Crippen molar-refractivity contribution in [3.8, 4) is 11.3 Å². The number of amides is 2. The van der Waals surface area contributed by atoms with Crippen molar-refractivity contribution >= 4 is 28.3 Å². The largest absolute Gasteiger partial charge is 0.274 e. The van der Waals surface area contributed by atoms with E-state index in [2.05, 4.69) is 4.98 Å². The highest BCUT2D eigenvalue weighted by atomic mass is 32.1. The average molecular weight is 326 g/mol. The molecule has 2 amide bonds. The number of fused-ring (bicyclic) bond motifs is 1. The third kappa shape index (κ3) is 2.30. The first-order chi connectivity index (χ1) is 11.2. The molecule has 0 bridgehead atoms. The minimum atomic E-state index is -0.124. The lowest BCUT2D eigenvalue weighted by Gasteiger charge is -2.19. The molecule has 5 heteroatoms. The predicted molar refractivity (Wildman–Crippen MR) is 90.2 cm³/mol. The van der Waals surface area contributed by atoms with Gasteiger partial charge in [-0.05, 0) is 19.8 Å². The van der Waals surface area contributed by atoms with Crippen LogP contribution in [-0.4, -0.2) is 16.8 Å². The molecule has 4 rings (SSSR count). The molecule has 1 saturated carbocycles. The SMILES string of the molecule is Cc1sc(N2C(=O)[C@@H]3CCCC[C@H]3C2=O)nc1-c1ccccc1. The number of carbonyl (C=O) groups excluding carboxylic acids is 2. The molecule has 2 heterocycles. The van der Waals surface area contributed by atoms with E-state index in [0.29, 0.717) is 5.13 Å². The molecule has 1 aliphatic carbocycles. The Morgan fingerprint density at radius 1 is 1.04 bits per heavy atom. The van der Waals surface area contributed by atoms with Gasteiger partial charge < -0.3 is 0 Å². The first-order valence-corrected chi connectivity index (χ1v) is 8.89. The number of aromatic nitrogens is 1. The molecule has 1 aromatic carbocycles. The second-order valence-electron chi connectivity index (χ2n) is 6.28. The molecule has 118 valence electrons. The number of aryl methyl sites for hydroxylation is 1. The van der Waals surface area contributed by atoms with Gasteiger partial charge in [0, 0.05) is 10.4 Å². The lowest BCUT2D eigenvalue weighted by atomic mass is 9.81. The zero-order valence-corrected chi connectivity index (χ0v) is 13.8. The Hall–Kier alpha value is -2.01. The summed E-state index contributed by atoms with van der Waals surface area (Å²) in [6.07, 6.45) is 3.75. The third-order valence-corrected chi connectivity index (χ3v) is 5.82. The van der Waals surface area contributed by atoms with Crippen LogP contribution in [0, 0.1) is 18.8 Å². The fourth-order valence-corrected chi connectivity index (χ4v) is 4.63. The van der Waals surface area contributed by atoms with E-state index < -0.39 is 0 Å². The van der Waals surface area contributed by atoms with Gasteiger partial charge in [-0.3, -0.25) is 9.59 Å². The summed E-state index contributed by atoms with van der Waals surface area (Å²) >= 11 is 1.43. The van der Waals surface area contributed by atoms with Crippen molar-refractivity contribution in [2.24, 2.45) is 11.8 Å². The molecule has 0 N–H and O–H groups in total. The van der Waals surface area contributed by atoms with Crippen LogP contribution in [0.3, 0.4) is 0 Å². The van der Waals surface area contributed by atoms with Crippen molar-refractivity contribution in [1.82, 2.24) is 4.98 Å². The first kappa shape index (κ1) is 14.6. The van der Waals surface area contributed by atoms with E-state index in [1.165, 1.54) is 16.2 Å². The van der Waals surface area contributed by atoms with E-state index >= 15 is 0 Å². The standard InChI is InChI=1S/C18H18N2O2S/c1-11-15(12-7-3-2-4-8-12)19-18(23-11)20-16(21)13-9-5-6-10-14(13)17(20)22/h2-4,7-8,13-14H,5-6,9-10H2,1H3/t13-,14-/m1/s1. The fourth-order valence-electron chi connectivity index (χ4n) is 3.69. The Morgan fingerprint density at radius 2 is 1.65 bits per heavy atom. The topological polar surface area (TPSA) is 50.3 Å². The van der Waals surface area contributed by atoms with Gasteiger partial charge in [0.25, 0.3) is 0 Å². The van der Waals surface area contributed by atoms with Crippen molar-refractivity contribution in [3.05, 3.63) is 35.2 Å². The molecule has 2 aromatic rings. The van der Waals surface area contributed by atoms with Crippen LogP contribution in [0.5, 0.6) is 0 Å². The van der Waals surface area contributed by atoms with E-state index in [1.807, 2.05) is 37.3 Å². The average Bonchev–Trinajstić information content (AvgIpc) is 3.07. The van der Waals surface area contributed by atoms with Crippen LogP contribution in [0.1, 0.15) is 30.6 Å². The van der Waals surface area contributed by atoms with Gasteiger partial charge in [0.15, 0.2) is 5.13 Å². The second kappa shape index (κ2) is 5.57. The summed E-state index contributed by atoms with van der Waals surface area (Å²) in [7, 11) is 0. The molecule has 2 fully saturated rings. The van der Waals surface area contributed by atoms with Crippen molar-refractivity contribution in [3.63, 3.8) is 0 Å². The summed E-state index contributed by atoms with van der Waals surface area (Å²) in [5.41, 5.74) is 1.88. The quantitative estimate of drug-likeness (QED) is 0.789. The monoisotopic (exact) mass is 326 g/mol. The summed E-state index contributed by atoms with van der Waals surface area (Å²) in [5.74, 6) is -0.345. The summed E-state index contributed by atoms with van der Waals surface area (Å²) in [6.45, 7) is 1.99. The summed E-state index contributed by atoms with van der Waals surface area (Å²) in [6, 6.07) is 9.89.